The number of fused-ring (bicyclic) bond motifs is 1. The summed E-state index contributed by atoms with van der Waals surface area (Å²) in [5.74, 6) is -0.138. The van der Waals surface area contributed by atoms with Crippen molar-refractivity contribution in [1.82, 2.24) is 9.88 Å². The smallest absolute Gasteiger partial charge is 0.152 e. The molecule has 0 bridgehead atoms. The Morgan fingerprint density at radius 1 is 1.06 bits per heavy atom. The highest BCUT2D eigenvalue weighted by molar-refractivity contribution is 6.37. The van der Waals surface area contributed by atoms with Gasteiger partial charge in [-0.05, 0) is 79.7 Å². The van der Waals surface area contributed by atoms with Crippen molar-refractivity contribution >= 4 is 51.8 Å². The first-order valence-electron chi connectivity index (χ1n) is 10.8. The molecule has 1 aromatic heterocycles. The SMILES string of the molecule is Cc1cc2ncc(CC=O)c(Nc3ccc(CN(C)C)cc3)c2cc1-c1cc(Cl)c(O)c(Cl)c1. The zero-order chi connectivity index (χ0) is 24.4. The predicted octanol–water partition coefficient (Wildman–Crippen LogP) is 6.77. The number of benzene rings is 3. The van der Waals surface area contributed by atoms with Crippen LogP contribution in [0.3, 0.4) is 0 Å². The number of anilines is 2. The van der Waals surface area contributed by atoms with E-state index < -0.39 is 0 Å². The molecule has 0 saturated carbocycles. The van der Waals surface area contributed by atoms with Gasteiger partial charge in [-0.15, -0.1) is 0 Å². The molecule has 0 fully saturated rings. The van der Waals surface area contributed by atoms with Gasteiger partial charge in [0.15, 0.2) is 5.75 Å². The van der Waals surface area contributed by atoms with Crippen molar-refractivity contribution in [3.63, 3.8) is 0 Å². The first-order chi connectivity index (χ1) is 16.3. The lowest BCUT2D eigenvalue weighted by Gasteiger charge is -2.17. The molecule has 0 amide bonds. The van der Waals surface area contributed by atoms with Gasteiger partial charge in [0.2, 0.25) is 0 Å². The minimum atomic E-state index is -0.138. The van der Waals surface area contributed by atoms with E-state index in [4.69, 9.17) is 23.2 Å². The fourth-order valence-corrected chi connectivity index (χ4v) is 4.50. The Balaban J connectivity index is 1.84. The fraction of sp³-hybridized carbons (Fsp3) is 0.185. The van der Waals surface area contributed by atoms with Gasteiger partial charge in [0.05, 0.1) is 21.2 Å². The number of phenolic OH excluding ortho intramolecular Hbond substituents is 1. The van der Waals surface area contributed by atoms with Gasteiger partial charge in [-0.1, -0.05) is 35.3 Å². The van der Waals surface area contributed by atoms with Crippen LogP contribution in [0.5, 0.6) is 5.75 Å². The molecular formula is C27H25Cl2N3O2. The second-order valence-electron chi connectivity index (χ2n) is 8.56. The molecular weight excluding hydrogens is 469 g/mol. The van der Waals surface area contributed by atoms with Gasteiger partial charge in [0, 0.05) is 35.8 Å². The summed E-state index contributed by atoms with van der Waals surface area (Å²) in [5.41, 5.74) is 7.24. The lowest BCUT2D eigenvalue weighted by atomic mass is 9.96. The molecule has 0 saturated heterocycles. The van der Waals surface area contributed by atoms with E-state index in [0.717, 1.165) is 57.4 Å². The molecule has 34 heavy (non-hydrogen) atoms. The number of pyridine rings is 1. The summed E-state index contributed by atoms with van der Waals surface area (Å²) < 4.78 is 0. The van der Waals surface area contributed by atoms with Crippen molar-refractivity contribution in [3.05, 3.63) is 81.5 Å². The van der Waals surface area contributed by atoms with Gasteiger partial charge in [0.25, 0.3) is 0 Å². The Kier molecular flexibility index (Phi) is 7.08. The number of halogens is 2. The third-order valence-electron chi connectivity index (χ3n) is 5.65. The summed E-state index contributed by atoms with van der Waals surface area (Å²) in [6.45, 7) is 2.84. The Morgan fingerprint density at radius 3 is 2.35 bits per heavy atom. The maximum absolute atomic E-state index is 11.4. The number of nitrogens with zero attached hydrogens (tertiary/aromatic N) is 2. The van der Waals surface area contributed by atoms with Crippen molar-refractivity contribution in [2.75, 3.05) is 19.4 Å². The molecule has 0 aliphatic heterocycles. The Bertz CT molecular complexity index is 1350. The molecule has 5 nitrogen and oxygen atoms in total. The molecule has 4 aromatic rings. The minimum Gasteiger partial charge on any atom is -0.505 e. The van der Waals surface area contributed by atoms with E-state index >= 15 is 0 Å². The van der Waals surface area contributed by atoms with Crippen LogP contribution in [0.15, 0.2) is 54.7 Å². The number of hydrogen-bond acceptors (Lipinski definition) is 5. The van der Waals surface area contributed by atoms with Crippen molar-refractivity contribution in [2.24, 2.45) is 0 Å². The Morgan fingerprint density at radius 2 is 1.74 bits per heavy atom. The second kappa shape index (κ2) is 10.0. The van der Waals surface area contributed by atoms with Crippen molar-refractivity contribution in [2.45, 2.75) is 19.9 Å². The first-order valence-corrected chi connectivity index (χ1v) is 11.6. The maximum atomic E-state index is 11.4. The minimum absolute atomic E-state index is 0.138. The molecule has 174 valence electrons. The number of aryl methyl sites for hydroxylation is 1. The summed E-state index contributed by atoms with van der Waals surface area (Å²) in [6, 6.07) is 15.6. The summed E-state index contributed by atoms with van der Waals surface area (Å²) in [7, 11) is 4.07. The van der Waals surface area contributed by atoms with Crippen LogP contribution in [0, 0.1) is 6.92 Å². The molecule has 7 heteroatoms. The Labute approximate surface area is 209 Å². The van der Waals surface area contributed by atoms with Gasteiger partial charge in [-0.25, -0.2) is 0 Å². The number of rotatable bonds is 7. The number of aldehydes is 1. The number of phenols is 1. The molecule has 0 unspecified atom stereocenters. The number of carbonyl (C=O) groups is 1. The number of nitrogens with one attached hydrogen (secondary N) is 1. The molecule has 1 heterocycles. The molecule has 2 N–H and O–H groups in total. The van der Waals surface area contributed by atoms with Crippen LogP contribution in [-0.2, 0) is 17.8 Å². The number of hydrogen-bond donors (Lipinski definition) is 2. The monoisotopic (exact) mass is 493 g/mol. The topological polar surface area (TPSA) is 65.5 Å². The maximum Gasteiger partial charge on any atom is 0.152 e. The van der Waals surface area contributed by atoms with Crippen LogP contribution in [0.2, 0.25) is 10.0 Å². The molecule has 0 aliphatic carbocycles. The molecule has 0 atom stereocenters. The normalized spacial score (nSPS) is 11.2. The highest BCUT2D eigenvalue weighted by Crippen LogP contribution is 2.40. The molecule has 0 spiro atoms. The molecule has 4 rings (SSSR count). The van der Waals surface area contributed by atoms with Crippen LogP contribution in [0.25, 0.3) is 22.0 Å². The summed E-state index contributed by atoms with van der Waals surface area (Å²) in [4.78, 5) is 18.1. The zero-order valence-electron chi connectivity index (χ0n) is 19.2. The zero-order valence-corrected chi connectivity index (χ0v) is 20.7. The number of aromatic hydroxyl groups is 1. The Hall–Kier alpha value is -3.12. The van der Waals surface area contributed by atoms with E-state index in [9.17, 15) is 9.90 Å². The predicted molar refractivity (Wildman–Crippen MR) is 140 cm³/mol. The number of aromatic nitrogens is 1. The van der Waals surface area contributed by atoms with Crippen molar-refractivity contribution in [3.8, 4) is 16.9 Å². The quantitative estimate of drug-likeness (QED) is 0.278. The summed E-state index contributed by atoms with van der Waals surface area (Å²) in [5, 5.41) is 14.7. The number of carbonyl (C=O) groups excluding carboxylic acids is 1. The molecule has 0 aliphatic rings. The first kappa shape index (κ1) is 24.0. The third-order valence-corrected chi connectivity index (χ3v) is 6.22. The average molecular weight is 494 g/mol. The van der Waals surface area contributed by atoms with E-state index in [-0.39, 0.29) is 22.2 Å². The van der Waals surface area contributed by atoms with Crippen LogP contribution >= 0.6 is 23.2 Å². The van der Waals surface area contributed by atoms with E-state index in [0.29, 0.717) is 0 Å². The van der Waals surface area contributed by atoms with Gasteiger partial charge in [0.1, 0.15) is 6.29 Å². The van der Waals surface area contributed by atoms with Crippen molar-refractivity contribution in [1.29, 1.82) is 0 Å². The van der Waals surface area contributed by atoms with E-state index in [1.807, 2.05) is 45.3 Å². The van der Waals surface area contributed by atoms with E-state index in [2.05, 4.69) is 27.3 Å². The third kappa shape index (κ3) is 5.02. The van der Waals surface area contributed by atoms with E-state index in [1.165, 1.54) is 5.56 Å². The van der Waals surface area contributed by atoms with Crippen LogP contribution in [-0.4, -0.2) is 35.4 Å². The van der Waals surface area contributed by atoms with Gasteiger partial charge >= 0.3 is 0 Å². The lowest BCUT2D eigenvalue weighted by molar-refractivity contribution is -0.107. The lowest BCUT2D eigenvalue weighted by Crippen LogP contribution is -2.10. The van der Waals surface area contributed by atoms with Gasteiger partial charge < -0.3 is 20.1 Å². The fourth-order valence-electron chi connectivity index (χ4n) is 4.01. The molecule has 0 radical (unpaired) electrons. The standard InChI is InChI=1S/C27H25Cl2N3O2/c1-16-10-25-22(13-21(16)19-11-23(28)27(34)24(29)12-19)26(18(8-9-33)14-30-25)31-20-6-4-17(5-7-20)15-32(2)3/h4-7,9-14,34H,8,15H2,1-3H3,(H,30,31). The highest BCUT2D eigenvalue weighted by Gasteiger charge is 2.15. The van der Waals surface area contributed by atoms with Crippen molar-refractivity contribution < 1.29 is 9.90 Å². The summed E-state index contributed by atoms with van der Waals surface area (Å²) in [6.07, 6.45) is 2.86. The summed E-state index contributed by atoms with van der Waals surface area (Å²) >= 11 is 12.4. The largest absolute Gasteiger partial charge is 0.505 e. The second-order valence-corrected chi connectivity index (χ2v) is 9.38. The van der Waals surface area contributed by atoms with Crippen LogP contribution in [0.4, 0.5) is 11.4 Å². The average Bonchev–Trinajstić information content (AvgIpc) is 2.79. The van der Waals surface area contributed by atoms with Gasteiger partial charge in [-0.2, -0.15) is 0 Å². The van der Waals surface area contributed by atoms with Gasteiger partial charge in [-0.3, -0.25) is 4.98 Å². The van der Waals surface area contributed by atoms with Crippen LogP contribution in [0.1, 0.15) is 16.7 Å². The van der Waals surface area contributed by atoms with Crippen LogP contribution < -0.4 is 5.32 Å². The van der Waals surface area contributed by atoms with E-state index in [1.54, 1.807) is 18.3 Å². The highest BCUT2D eigenvalue weighted by atomic mass is 35.5. The molecule has 3 aromatic carbocycles.